The molecule has 90 valence electrons. The lowest BCUT2D eigenvalue weighted by molar-refractivity contribution is 0.306. The lowest BCUT2D eigenvalue weighted by atomic mass is 9.67. The maximum absolute atomic E-state index is 6.04. The molecule has 0 saturated carbocycles. The lowest BCUT2D eigenvalue weighted by Gasteiger charge is -2.19. The summed E-state index contributed by atoms with van der Waals surface area (Å²) in [5, 5.41) is -0.293. The molecule has 0 aliphatic heterocycles. The van der Waals surface area contributed by atoms with Gasteiger partial charge in [-0.2, -0.15) is 0 Å². The minimum Gasteiger partial charge on any atom is -0.489 e. The molecule has 2 rings (SSSR count). The van der Waals surface area contributed by atoms with E-state index in [0.29, 0.717) is 6.61 Å². The van der Waals surface area contributed by atoms with E-state index in [9.17, 15) is 0 Å². The molecular formula is C16H17BO. The Balaban J connectivity index is 1.99. The minimum atomic E-state index is -0.293. The highest BCUT2D eigenvalue weighted by atomic mass is 16.5. The van der Waals surface area contributed by atoms with E-state index in [-0.39, 0.29) is 5.31 Å². The summed E-state index contributed by atoms with van der Waals surface area (Å²) in [6, 6.07) is 18.1. The number of benzene rings is 2. The first kappa shape index (κ1) is 12.8. The second-order valence-electron chi connectivity index (χ2n) is 5.02. The summed E-state index contributed by atoms with van der Waals surface area (Å²) in [6.45, 7) is 4.58. The third-order valence-corrected chi connectivity index (χ3v) is 2.85. The number of ether oxygens (including phenoxy) is 1. The van der Waals surface area contributed by atoms with Crippen LogP contribution in [0.5, 0.6) is 5.75 Å². The molecule has 2 aromatic carbocycles. The maximum atomic E-state index is 6.04. The van der Waals surface area contributed by atoms with Gasteiger partial charge in [0.05, 0.1) is 7.85 Å². The number of hydrogen-bond donors (Lipinski definition) is 0. The first-order valence-corrected chi connectivity index (χ1v) is 6.12. The van der Waals surface area contributed by atoms with Gasteiger partial charge in [0.15, 0.2) is 0 Å². The largest absolute Gasteiger partial charge is 0.489 e. The second kappa shape index (κ2) is 5.30. The third kappa shape index (κ3) is 3.40. The van der Waals surface area contributed by atoms with E-state index in [1.807, 2.05) is 44.2 Å². The molecule has 0 aliphatic rings. The predicted molar refractivity (Wildman–Crippen MR) is 76.0 cm³/mol. The summed E-state index contributed by atoms with van der Waals surface area (Å²) < 4.78 is 5.69. The van der Waals surface area contributed by atoms with Gasteiger partial charge in [-0.25, -0.2) is 0 Å². The molecule has 0 aromatic heterocycles. The standard InChI is InChI=1S/C16H17BO/c1-16(2,17)14-10-8-13(9-11-14)12-18-15-6-4-3-5-7-15/h3-11H,12H2,1-2H3. The van der Waals surface area contributed by atoms with E-state index in [4.69, 9.17) is 12.6 Å². The van der Waals surface area contributed by atoms with E-state index in [1.165, 1.54) is 0 Å². The summed E-state index contributed by atoms with van der Waals surface area (Å²) in [6.07, 6.45) is 0. The van der Waals surface area contributed by atoms with Crippen LogP contribution >= 0.6 is 0 Å². The Hall–Kier alpha value is -1.70. The Kier molecular flexibility index (Phi) is 3.76. The average molecular weight is 236 g/mol. The van der Waals surface area contributed by atoms with Crippen LogP contribution in [0.15, 0.2) is 54.6 Å². The van der Waals surface area contributed by atoms with Crippen molar-refractivity contribution in [3.8, 4) is 5.75 Å². The normalized spacial score (nSPS) is 11.2. The summed E-state index contributed by atoms with van der Waals surface area (Å²) in [4.78, 5) is 0. The van der Waals surface area contributed by atoms with Crippen molar-refractivity contribution in [2.75, 3.05) is 0 Å². The zero-order valence-electron chi connectivity index (χ0n) is 10.9. The monoisotopic (exact) mass is 236 g/mol. The van der Waals surface area contributed by atoms with E-state index < -0.39 is 0 Å². The molecule has 2 heteroatoms. The molecule has 0 fully saturated rings. The van der Waals surface area contributed by atoms with Crippen molar-refractivity contribution in [2.45, 2.75) is 25.8 Å². The SMILES string of the molecule is [B]C(C)(C)c1ccc(COc2ccccc2)cc1. The van der Waals surface area contributed by atoms with Crippen molar-refractivity contribution < 1.29 is 4.74 Å². The smallest absolute Gasteiger partial charge is 0.119 e. The van der Waals surface area contributed by atoms with E-state index in [1.54, 1.807) is 0 Å². The van der Waals surface area contributed by atoms with Gasteiger partial charge in [0.1, 0.15) is 12.4 Å². The van der Waals surface area contributed by atoms with Gasteiger partial charge < -0.3 is 4.74 Å². The highest BCUT2D eigenvalue weighted by Crippen LogP contribution is 2.20. The van der Waals surface area contributed by atoms with Crippen LogP contribution in [0.1, 0.15) is 25.0 Å². The molecule has 0 N–H and O–H groups in total. The molecule has 18 heavy (non-hydrogen) atoms. The van der Waals surface area contributed by atoms with Crippen LogP contribution in [0, 0.1) is 0 Å². The highest BCUT2D eigenvalue weighted by molar-refractivity contribution is 6.15. The molecule has 2 radical (unpaired) electrons. The Morgan fingerprint density at radius 3 is 2.11 bits per heavy atom. The van der Waals surface area contributed by atoms with Gasteiger partial charge in [0.25, 0.3) is 0 Å². The summed E-state index contributed by atoms with van der Waals surface area (Å²) in [7, 11) is 6.04. The average Bonchev–Trinajstić information content (AvgIpc) is 2.37. The van der Waals surface area contributed by atoms with Crippen LogP contribution in [0.4, 0.5) is 0 Å². The van der Waals surface area contributed by atoms with Crippen LogP contribution in [-0.4, -0.2) is 7.85 Å². The highest BCUT2D eigenvalue weighted by Gasteiger charge is 2.12. The van der Waals surface area contributed by atoms with Crippen LogP contribution in [0.2, 0.25) is 0 Å². The number of para-hydroxylation sites is 1. The van der Waals surface area contributed by atoms with Crippen molar-refractivity contribution in [3.05, 3.63) is 65.7 Å². The van der Waals surface area contributed by atoms with Gasteiger partial charge in [-0.3, -0.25) is 0 Å². The Labute approximate surface area is 110 Å². The topological polar surface area (TPSA) is 9.23 Å². The molecule has 0 heterocycles. The fourth-order valence-corrected chi connectivity index (χ4v) is 1.71. The molecule has 0 atom stereocenters. The van der Waals surface area contributed by atoms with Gasteiger partial charge in [0.2, 0.25) is 0 Å². The summed E-state index contributed by atoms with van der Waals surface area (Å²) in [5.74, 6) is 0.890. The molecule has 0 spiro atoms. The van der Waals surface area contributed by atoms with Crippen LogP contribution in [0.25, 0.3) is 0 Å². The van der Waals surface area contributed by atoms with Gasteiger partial charge >= 0.3 is 0 Å². The Bertz CT molecular complexity index is 483. The maximum Gasteiger partial charge on any atom is 0.119 e. The Morgan fingerprint density at radius 1 is 0.944 bits per heavy atom. The zero-order chi connectivity index (χ0) is 13.0. The van der Waals surface area contributed by atoms with Crippen molar-refractivity contribution in [1.29, 1.82) is 0 Å². The van der Waals surface area contributed by atoms with Gasteiger partial charge in [-0.15, -0.1) is 0 Å². The van der Waals surface area contributed by atoms with E-state index >= 15 is 0 Å². The molecule has 2 aromatic rings. The quantitative estimate of drug-likeness (QED) is 0.736. The van der Waals surface area contributed by atoms with Crippen molar-refractivity contribution in [2.24, 2.45) is 0 Å². The van der Waals surface area contributed by atoms with E-state index in [2.05, 4.69) is 24.3 Å². The molecular weight excluding hydrogens is 219 g/mol. The summed E-state index contributed by atoms with van der Waals surface area (Å²) in [5.41, 5.74) is 2.28. The number of rotatable bonds is 4. The van der Waals surface area contributed by atoms with Gasteiger partial charge in [0, 0.05) is 0 Å². The molecule has 0 amide bonds. The van der Waals surface area contributed by atoms with Crippen LogP contribution in [0.3, 0.4) is 0 Å². The molecule has 0 bridgehead atoms. The third-order valence-electron chi connectivity index (χ3n) is 2.85. The van der Waals surface area contributed by atoms with Crippen LogP contribution < -0.4 is 4.74 Å². The number of hydrogen-bond acceptors (Lipinski definition) is 1. The van der Waals surface area contributed by atoms with Crippen molar-refractivity contribution in [3.63, 3.8) is 0 Å². The van der Waals surface area contributed by atoms with Crippen molar-refractivity contribution >= 4 is 7.85 Å². The second-order valence-corrected chi connectivity index (χ2v) is 5.02. The zero-order valence-corrected chi connectivity index (χ0v) is 10.9. The predicted octanol–water partition coefficient (Wildman–Crippen LogP) is 3.67. The lowest BCUT2D eigenvalue weighted by Crippen LogP contribution is -2.16. The minimum absolute atomic E-state index is 0.293. The van der Waals surface area contributed by atoms with Gasteiger partial charge in [-0.1, -0.05) is 61.9 Å². The fourth-order valence-electron chi connectivity index (χ4n) is 1.71. The summed E-state index contributed by atoms with van der Waals surface area (Å²) >= 11 is 0. The Morgan fingerprint density at radius 2 is 1.56 bits per heavy atom. The molecule has 1 nitrogen and oxygen atoms in total. The molecule has 0 aliphatic carbocycles. The molecule has 0 unspecified atom stereocenters. The van der Waals surface area contributed by atoms with Crippen molar-refractivity contribution in [1.82, 2.24) is 0 Å². The fraction of sp³-hybridized carbons (Fsp3) is 0.250. The first-order chi connectivity index (χ1) is 8.55. The van der Waals surface area contributed by atoms with Gasteiger partial charge in [-0.05, 0) is 23.0 Å². The first-order valence-electron chi connectivity index (χ1n) is 6.12. The van der Waals surface area contributed by atoms with E-state index in [0.717, 1.165) is 16.9 Å². The van der Waals surface area contributed by atoms with Crippen LogP contribution in [-0.2, 0) is 11.9 Å². The molecule has 0 saturated heterocycles.